The van der Waals surface area contributed by atoms with Crippen LogP contribution in [0, 0.1) is 0 Å². The van der Waals surface area contributed by atoms with Crippen LogP contribution >= 0.6 is 0 Å². The van der Waals surface area contributed by atoms with Crippen LogP contribution in [0.25, 0.3) is 0 Å². The van der Waals surface area contributed by atoms with Gasteiger partial charge in [-0.1, -0.05) is 24.3 Å². The molecule has 0 aliphatic rings. The fourth-order valence-corrected chi connectivity index (χ4v) is 2.91. The van der Waals surface area contributed by atoms with Gasteiger partial charge in [0.05, 0.1) is 13.2 Å². The van der Waals surface area contributed by atoms with Crippen molar-refractivity contribution in [3.05, 3.63) is 55.1 Å². The van der Waals surface area contributed by atoms with Crippen molar-refractivity contribution < 1.29 is 23.9 Å². The van der Waals surface area contributed by atoms with Gasteiger partial charge in [-0.25, -0.2) is 9.59 Å². The molecule has 0 aliphatic carbocycles. The standard InChI is InChI=1S/C22H30N2O5/c1-6-14-24(15-7-2)19-12-10-18(11-13-19)16-22(23-17(5)25,20(26)28-8-3)21(27)29-9-4/h6-7,10-13H,1-2,8-9,14-16H2,3-5H3,(H,23,25). The van der Waals surface area contributed by atoms with Crippen molar-refractivity contribution in [2.75, 3.05) is 31.2 Å². The number of hydrogen-bond acceptors (Lipinski definition) is 6. The van der Waals surface area contributed by atoms with Gasteiger partial charge >= 0.3 is 11.9 Å². The van der Waals surface area contributed by atoms with Gasteiger partial charge in [-0.15, -0.1) is 13.2 Å². The van der Waals surface area contributed by atoms with Gasteiger partial charge in [0.1, 0.15) is 0 Å². The van der Waals surface area contributed by atoms with Gasteiger partial charge in [-0.2, -0.15) is 0 Å². The van der Waals surface area contributed by atoms with E-state index in [9.17, 15) is 14.4 Å². The van der Waals surface area contributed by atoms with Crippen molar-refractivity contribution in [1.82, 2.24) is 5.32 Å². The Morgan fingerprint density at radius 2 is 1.48 bits per heavy atom. The lowest BCUT2D eigenvalue weighted by molar-refractivity contribution is -0.168. The molecule has 7 nitrogen and oxygen atoms in total. The van der Waals surface area contributed by atoms with Crippen LogP contribution in [0.1, 0.15) is 26.3 Å². The van der Waals surface area contributed by atoms with E-state index in [1.54, 1.807) is 38.1 Å². The summed E-state index contributed by atoms with van der Waals surface area (Å²) in [5.41, 5.74) is -0.340. The summed E-state index contributed by atoms with van der Waals surface area (Å²) in [4.78, 5) is 39.3. The van der Waals surface area contributed by atoms with E-state index in [2.05, 4.69) is 23.4 Å². The zero-order valence-electron chi connectivity index (χ0n) is 17.4. The highest BCUT2D eigenvalue weighted by molar-refractivity contribution is 6.08. The predicted octanol–water partition coefficient (Wildman–Crippen LogP) is 2.41. The fourth-order valence-electron chi connectivity index (χ4n) is 2.91. The summed E-state index contributed by atoms with van der Waals surface area (Å²) in [7, 11) is 0. The van der Waals surface area contributed by atoms with Crippen LogP contribution in [0.15, 0.2) is 49.6 Å². The van der Waals surface area contributed by atoms with E-state index in [1.807, 2.05) is 12.1 Å². The molecule has 1 rings (SSSR count). The summed E-state index contributed by atoms with van der Waals surface area (Å²) in [5, 5.41) is 2.46. The Hall–Kier alpha value is -3.09. The van der Waals surface area contributed by atoms with Gasteiger partial charge in [0.2, 0.25) is 11.4 Å². The van der Waals surface area contributed by atoms with Crippen LogP contribution in [0.3, 0.4) is 0 Å². The van der Waals surface area contributed by atoms with Crippen molar-refractivity contribution in [3.8, 4) is 0 Å². The number of benzene rings is 1. The van der Waals surface area contributed by atoms with E-state index in [4.69, 9.17) is 9.47 Å². The molecule has 0 atom stereocenters. The van der Waals surface area contributed by atoms with Crippen molar-refractivity contribution in [2.24, 2.45) is 0 Å². The van der Waals surface area contributed by atoms with E-state index in [-0.39, 0.29) is 19.6 Å². The van der Waals surface area contributed by atoms with Gasteiger partial charge in [0.25, 0.3) is 0 Å². The van der Waals surface area contributed by atoms with E-state index >= 15 is 0 Å². The summed E-state index contributed by atoms with van der Waals surface area (Å²) in [5.74, 6) is -2.23. The van der Waals surface area contributed by atoms with Gasteiger partial charge in [0.15, 0.2) is 0 Å². The number of anilines is 1. The van der Waals surface area contributed by atoms with Gasteiger partial charge in [-0.05, 0) is 31.5 Å². The first kappa shape index (κ1) is 23.9. The van der Waals surface area contributed by atoms with Crippen molar-refractivity contribution in [2.45, 2.75) is 32.7 Å². The molecule has 29 heavy (non-hydrogen) atoms. The number of esters is 2. The van der Waals surface area contributed by atoms with Crippen molar-refractivity contribution >= 4 is 23.5 Å². The first-order chi connectivity index (χ1) is 13.8. The average Bonchev–Trinajstić information content (AvgIpc) is 2.68. The van der Waals surface area contributed by atoms with Gasteiger partial charge < -0.3 is 19.7 Å². The molecule has 0 radical (unpaired) electrons. The molecular weight excluding hydrogens is 372 g/mol. The molecule has 0 saturated carbocycles. The summed E-state index contributed by atoms with van der Waals surface area (Å²) in [6, 6.07) is 7.33. The first-order valence-electron chi connectivity index (χ1n) is 9.53. The number of nitrogens with zero attached hydrogens (tertiary/aromatic N) is 1. The molecule has 1 amide bonds. The van der Waals surface area contributed by atoms with Crippen LogP contribution in [0.2, 0.25) is 0 Å². The second-order valence-corrected chi connectivity index (χ2v) is 6.35. The van der Waals surface area contributed by atoms with Crippen LogP contribution in [-0.2, 0) is 30.3 Å². The van der Waals surface area contributed by atoms with Crippen LogP contribution in [-0.4, -0.2) is 49.7 Å². The Balaban J connectivity index is 3.28. The second kappa shape index (κ2) is 11.7. The Morgan fingerprint density at radius 1 is 1.00 bits per heavy atom. The number of rotatable bonds is 12. The molecule has 0 aliphatic heterocycles. The maximum absolute atomic E-state index is 12.7. The second-order valence-electron chi connectivity index (χ2n) is 6.35. The quantitative estimate of drug-likeness (QED) is 0.328. The number of carbonyl (C=O) groups is 3. The molecule has 1 N–H and O–H groups in total. The predicted molar refractivity (Wildman–Crippen MR) is 113 cm³/mol. The lowest BCUT2D eigenvalue weighted by atomic mass is 9.90. The van der Waals surface area contributed by atoms with E-state index in [0.29, 0.717) is 18.7 Å². The summed E-state index contributed by atoms with van der Waals surface area (Å²) < 4.78 is 10.2. The number of ether oxygens (including phenoxy) is 2. The molecule has 7 heteroatoms. The third-order valence-corrected chi connectivity index (χ3v) is 4.11. The van der Waals surface area contributed by atoms with Crippen LogP contribution in [0.4, 0.5) is 5.69 Å². The zero-order valence-corrected chi connectivity index (χ0v) is 17.4. The minimum absolute atomic E-state index is 0.0660. The molecule has 0 unspecified atom stereocenters. The molecule has 0 fully saturated rings. The third-order valence-electron chi connectivity index (χ3n) is 4.11. The number of amides is 1. The topological polar surface area (TPSA) is 84.9 Å². The molecule has 0 spiro atoms. The summed E-state index contributed by atoms with van der Waals surface area (Å²) >= 11 is 0. The number of hydrogen-bond donors (Lipinski definition) is 1. The highest BCUT2D eigenvalue weighted by atomic mass is 16.6. The van der Waals surface area contributed by atoms with Gasteiger partial charge in [-0.3, -0.25) is 4.79 Å². The SMILES string of the molecule is C=CCN(CC=C)c1ccc(CC(NC(C)=O)(C(=O)OCC)C(=O)OCC)cc1. The molecule has 1 aromatic rings. The van der Waals surface area contributed by atoms with E-state index in [0.717, 1.165) is 5.69 Å². The smallest absolute Gasteiger partial charge is 0.344 e. The minimum atomic E-state index is -1.94. The lowest BCUT2D eigenvalue weighted by Gasteiger charge is -2.30. The highest BCUT2D eigenvalue weighted by Crippen LogP contribution is 2.22. The van der Waals surface area contributed by atoms with Gasteiger partial charge in [0, 0.05) is 32.1 Å². The monoisotopic (exact) mass is 402 g/mol. The summed E-state index contributed by atoms with van der Waals surface area (Å²) in [6.45, 7) is 13.4. The molecule has 0 saturated heterocycles. The number of nitrogens with one attached hydrogen (secondary N) is 1. The fraction of sp³-hybridized carbons (Fsp3) is 0.409. The van der Waals surface area contributed by atoms with Crippen molar-refractivity contribution in [3.63, 3.8) is 0 Å². The zero-order chi connectivity index (χ0) is 21.9. The highest BCUT2D eigenvalue weighted by Gasteiger charge is 2.50. The molecule has 0 bridgehead atoms. The third kappa shape index (κ3) is 6.48. The molecule has 158 valence electrons. The maximum Gasteiger partial charge on any atom is 0.344 e. The summed E-state index contributed by atoms with van der Waals surface area (Å²) in [6.07, 6.45) is 3.49. The molecule has 0 aromatic heterocycles. The minimum Gasteiger partial charge on any atom is -0.464 e. The largest absolute Gasteiger partial charge is 0.464 e. The maximum atomic E-state index is 12.7. The van der Waals surface area contributed by atoms with E-state index in [1.165, 1.54) is 6.92 Å². The molecular formula is C22H30N2O5. The van der Waals surface area contributed by atoms with E-state index < -0.39 is 23.4 Å². The number of carbonyl (C=O) groups excluding carboxylic acids is 3. The Labute approximate surface area is 172 Å². The average molecular weight is 402 g/mol. The van der Waals surface area contributed by atoms with Crippen molar-refractivity contribution in [1.29, 1.82) is 0 Å². The molecule has 0 heterocycles. The van der Waals surface area contributed by atoms with Crippen LogP contribution in [0.5, 0.6) is 0 Å². The Kier molecular flexibility index (Phi) is 9.65. The van der Waals surface area contributed by atoms with Crippen LogP contribution < -0.4 is 10.2 Å². The first-order valence-corrected chi connectivity index (χ1v) is 9.53. The Bertz CT molecular complexity index is 699. The lowest BCUT2D eigenvalue weighted by Crippen LogP contribution is -2.62. The molecule has 1 aromatic carbocycles. The normalized spacial score (nSPS) is 10.6. The Morgan fingerprint density at radius 3 is 1.86 bits per heavy atom.